The van der Waals surface area contributed by atoms with E-state index in [-0.39, 0.29) is 0 Å². The molecular weight excluding hydrogens is 204 g/mol. The Balaban J connectivity index is 2.30. The molecular formula is C11H14N4O. The van der Waals surface area contributed by atoms with Gasteiger partial charge >= 0.3 is 0 Å². The van der Waals surface area contributed by atoms with E-state index < -0.39 is 0 Å². The van der Waals surface area contributed by atoms with Gasteiger partial charge in [-0.25, -0.2) is 0 Å². The smallest absolute Gasteiger partial charge is 0.161 e. The number of nitrogens with zero attached hydrogens (tertiary/aromatic N) is 4. The van der Waals surface area contributed by atoms with Crippen molar-refractivity contribution < 1.29 is 4.79 Å². The van der Waals surface area contributed by atoms with E-state index in [1.54, 1.807) is 12.1 Å². The van der Waals surface area contributed by atoms with Crippen molar-refractivity contribution in [3.05, 3.63) is 29.7 Å². The zero-order valence-corrected chi connectivity index (χ0v) is 9.42. The molecule has 0 bridgehead atoms. The highest BCUT2D eigenvalue weighted by Crippen LogP contribution is 2.06. The maximum absolute atomic E-state index is 10.6. The van der Waals surface area contributed by atoms with Crippen molar-refractivity contribution in [1.29, 1.82) is 0 Å². The molecule has 2 rings (SSSR count). The number of likely N-dealkylation sites (N-methyl/N-ethyl adjacent to an activating group) is 1. The molecule has 0 unspecified atom stereocenters. The zero-order chi connectivity index (χ0) is 11.5. The number of aromatic nitrogens is 3. The number of hydrogen-bond donors (Lipinski definition) is 0. The van der Waals surface area contributed by atoms with Crippen molar-refractivity contribution in [3.63, 3.8) is 0 Å². The second-order valence-electron chi connectivity index (χ2n) is 3.98. The van der Waals surface area contributed by atoms with Crippen molar-refractivity contribution >= 4 is 11.9 Å². The first-order chi connectivity index (χ1) is 7.70. The molecule has 84 valence electrons. The SMILES string of the molecule is CN(C)CCc1nnc2cc(C=O)ccn12. The molecule has 0 fully saturated rings. The van der Waals surface area contributed by atoms with Crippen molar-refractivity contribution in [3.8, 4) is 0 Å². The predicted octanol–water partition coefficient (Wildman–Crippen LogP) is 0.646. The first kappa shape index (κ1) is 10.8. The van der Waals surface area contributed by atoms with Gasteiger partial charge in [-0.2, -0.15) is 0 Å². The maximum atomic E-state index is 10.6. The lowest BCUT2D eigenvalue weighted by molar-refractivity contribution is 0.112. The second-order valence-corrected chi connectivity index (χ2v) is 3.98. The van der Waals surface area contributed by atoms with Gasteiger partial charge in [0.15, 0.2) is 5.65 Å². The number of carbonyl (C=O) groups excluding carboxylic acids is 1. The van der Waals surface area contributed by atoms with Crippen LogP contribution >= 0.6 is 0 Å². The Hall–Kier alpha value is -1.75. The second kappa shape index (κ2) is 4.40. The van der Waals surface area contributed by atoms with Crippen LogP contribution in [0.5, 0.6) is 0 Å². The molecule has 2 aromatic rings. The monoisotopic (exact) mass is 218 g/mol. The molecule has 0 N–H and O–H groups in total. The van der Waals surface area contributed by atoms with Gasteiger partial charge in [0, 0.05) is 24.7 Å². The van der Waals surface area contributed by atoms with Crippen molar-refractivity contribution in [2.45, 2.75) is 6.42 Å². The van der Waals surface area contributed by atoms with Crippen molar-refractivity contribution in [1.82, 2.24) is 19.5 Å². The van der Waals surface area contributed by atoms with Gasteiger partial charge in [-0.1, -0.05) is 0 Å². The minimum atomic E-state index is 0.624. The summed E-state index contributed by atoms with van der Waals surface area (Å²) >= 11 is 0. The molecule has 16 heavy (non-hydrogen) atoms. The first-order valence-electron chi connectivity index (χ1n) is 5.14. The Labute approximate surface area is 93.7 Å². The Morgan fingerprint density at radius 2 is 2.25 bits per heavy atom. The average Bonchev–Trinajstić information content (AvgIpc) is 2.68. The van der Waals surface area contributed by atoms with Crippen LogP contribution in [0, 0.1) is 0 Å². The summed E-state index contributed by atoms with van der Waals surface area (Å²) in [5, 5.41) is 8.15. The summed E-state index contributed by atoms with van der Waals surface area (Å²) in [7, 11) is 4.04. The third kappa shape index (κ3) is 2.09. The number of fused-ring (bicyclic) bond motifs is 1. The molecule has 2 heterocycles. The lowest BCUT2D eigenvalue weighted by atomic mass is 10.3. The van der Waals surface area contributed by atoms with E-state index in [0.29, 0.717) is 5.56 Å². The van der Waals surface area contributed by atoms with E-state index in [0.717, 1.165) is 30.7 Å². The van der Waals surface area contributed by atoms with Crippen molar-refractivity contribution in [2.75, 3.05) is 20.6 Å². The van der Waals surface area contributed by atoms with Gasteiger partial charge in [-0.05, 0) is 26.2 Å². The van der Waals surface area contributed by atoms with Gasteiger partial charge < -0.3 is 4.90 Å². The highest BCUT2D eigenvalue weighted by Gasteiger charge is 2.05. The molecule has 0 atom stereocenters. The molecule has 2 aromatic heterocycles. The van der Waals surface area contributed by atoms with Crippen molar-refractivity contribution in [2.24, 2.45) is 0 Å². The van der Waals surface area contributed by atoms with Crippen LogP contribution in [0.15, 0.2) is 18.3 Å². The summed E-state index contributed by atoms with van der Waals surface area (Å²) in [6.45, 7) is 0.927. The van der Waals surface area contributed by atoms with Gasteiger partial charge in [-0.15, -0.1) is 10.2 Å². The number of carbonyl (C=O) groups is 1. The van der Waals surface area contributed by atoms with Gasteiger partial charge in [0.05, 0.1) is 0 Å². The molecule has 0 aliphatic rings. The van der Waals surface area contributed by atoms with Gasteiger partial charge in [-0.3, -0.25) is 9.20 Å². The lowest BCUT2D eigenvalue weighted by Crippen LogP contribution is -2.16. The number of aldehydes is 1. The Bertz CT molecular complexity index is 504. The predicted molar refractivity (Wildman–Crippen MR) is 60.6 cm³/mol. The molecule has 5 heteroatoms. The van der Waals surface area contributed by atoms with E-state index in [4.69, 9.17) is 0 Å². The van der Waals surface area contributed by atoms with E-state index >= 15 is 0 Å². The Kier molecular flexibility index (Phi) is 2.96. The van der Waals surface area contributed by atoms with Gasteiger partial charge in [0.25, 0.3) is 0 Å². The molecule has 0 aromatic carbocycles. The van der Waals surface area contributed by atoms with Crippen LogP contribution in [0.3, 0.4) is 0 Å². The van der Waals surface area contributed by atoms with Crippen LogP contribution in [0.4, 0.5) is 0 Å². The van der Waals surface area contributed by atoms with Crippen LogP contribution in [0.1, 0.15) is 16.2 Å². The van der Waals surface area contributed by atoms with Gasteiger partial charge in [0.2, 0.25) is 0 Å². The summed E-state index contributed by atoms with van der Waals surface area (Å²) in [4.78, 5) is 12.7. The molecule has 5 nitrogen and oxygen atoms in total. The van der Waals surface area contributed by atoms with Crippen LogP contribution in [0.25, 0.3) is 5.65 Å². The third-order valence-electron chi connectivity index (χ3n) is 2.42. The van der Waals surface area contributed by atoms with Crippen LogP contribution in [-0.4, -0.2) is 46.4 Å². The van der Waals surface area contributed by atoms with Crippen LogP contribution in [-0.2, 0) is 6.42 Å². The molecule has 0 saturated carbocycles. The molecule has 0 spiro atoms. The fraction of sp³-hybridized carbons (Fsp3) is 0.364. The molecule has 0 aliphatic heterocycles. The highest BCUT2D eigenvalue weighted by molar-refractivity contribution is 5.76. The van der Waals surface area contributed by atoms with E-state index in [2.05, 4.69) is 15.1 Å². The standard InChI is InChI=1S/C11H14N4O/c1-14(2)5-4-10-12-13-11-7-9(8-16)3-6-15(10)11/h3,6-8H,4-5H2,1-2H3. The van der Waals surface area contributed by atoms with Crippen LogP contribution < -0.4 is 0 Å². The fourth-order valence-electron chi connectivity index (χ4n) is 1.52. The summed E-state index contributed by atoms with van der Waals surface area (Å²) in [6.07, 6.45) is 3.49. The molecule has 0 radical (unpaired) electrons. The first-order valence-corrected chi connectivity index (χ1v) is 5.14. The van der Waals surface area contributed by atoms with Gasteiger partial charge in [0.1, 0.15) is 12.1 Å². The minimum Gasteiger partial charge on any atom is -0.309 e. The number of rotatable bonds is 4. The summed E-state index contributed by atoms with van der Waals surface area (Å²) in [5.41, 5.74) is 1.34. The summed E-state index contributed by atoms with van der Waals surface area (Å²) in [6, 6.07) is 3.50. The van der Waals surface area contributed by atoms with E-state index in [1.807, 2.05) is 24.7 Å². The van der Waals surface area contributed by atoms with E-state index in [9.17, 15) is 4.79 Å². The Morgan fingerprint density at radius 3 is 2.94 bits per heavy atom. The summed E-state index contributed by atoms with van der Waals surface area (Å²) < 4.78 is 1.91. The topological polar surface area (TPSA) is 50.5 Å². The minimum absolute atomic E-state index is 0.624. The fourth-order valence-corrected chi connectivity index (χ4v) is 1.52. The Morgan fingerprint density at radius 1 is 1.44 bits per heavy atom. The largest absolute Gasteiger partial charge is 0.309 e. The molecule has 0 amide bonds. The number of pyridine rings is 1. The normalized spacial score (nSPS) is 11.2. The van der Waals surface area contributed by atoms with E-state index in [1.165, 1.54) is 0 Å². The summed E-state index contributed by atoms with van der Waals surface area (Å²) in [5.74, 6) is 0.918. The highest BCUT2D eigenvalue weighted by atomic mass is 16.1. The molecule has 0 aliphatic carbocycles. The average molecular weight is 218 g/mol. The maximum Gasteiger partial charge on any atom is 0.161 e. The number of hydrogen-bond acceptors (Lipinski definition) is 4. The zero-order valence-electron chi connectivity index (χ0n) is 9.42. The quantitative estimate of drug-likeness (QED) is 0.707. The third-order valence-corrected chi connectivity index (χ3v) is 2.42. The molecule has 0 saturated heterocycles. The lowest BCUT2D eigenvalue weighted by Gasteiger charge is -2.07. The van der Waals surface area contributed by atoms with Crippen LogP contribution in [0.2, 0.25) is 0 Å².